The molecular weight excluding hydrogens is 242 g/mol. The van der Waals surface area contributed by atoms with Gasteiger partial charge in [-0.15, -0.1) is 0 Å². The smallest absolute Gasteiger partial charge is 0.124 e. The zero-order chi connectivity index (χ0) is 13.9. The Hall–Kier alpha value is -1.54. The maximum Gasteiger partial charge on any atom is 0.124 e. The highest BCUT2D eigenvalue weighted by Gasteiger charge is 2.04. The van der Waals surface area contributed by atoms with E-state index in [1.54, 1.807) is 14.2 Å². The fourth-order valence-electron chi connectivity index (χ4n) is 1.61. The quantitative estimate of drug-likeness (QED) is 0.599. The molecule has 4 nitrogen and oxygen atoms in total. The zero-order valence-electron chi connectivity index (χ0n) is 11.6. The van der Waals surface area contributed by atoms with E-state index in [1.807, 2.05) is 18.2 Å². The number of hydrogen-bond donors (Lipinski definition) is 1. The van der Waals surface area contributed by atoms with Crippen molar-refractivity contribution in [2.75, 3.05) is 34.0 Å². The Morgan fingerprint density at radius 2 is 2.05 bits per heavy atom. The lowest BCUT2D eigenvalue weighted by atomic mass is 10.1. The van der Waals surface area contributed by atoms with Crippen LogP contribution in [0.15, 0.2) is 18.2 Å². The molecule has 0 fully saturated rings. The molecule has 0 amide bonds. The standard InChI is InChI=1S/C15H21NO3/c1-17-9-4-10-19-12-14-11-13(5-3-8-16)6-7-15(14)18-2/h6-7,11H,4,8-10,12,16H2,1-2H3. The Labute approximate surface area is 114 Å². The van der Waals surface area contributed by atoms with Gasteiger partial charge in [0.2, 0.25) is 0 Å². The third-order valence-corrected chi connectivity index (χ3v) is 2.51. The molecule has 104 valence electrons. The van der Waals surface area contributed by atoms with Gasteiger partial charge in [0.15, 0.2) is 0 Å². The molecular formula is C15H21NO3. The van der Waals surface area contributed by atoms with Gasteiger partial charge in [-0.1, -0.05) is 11.8 Å². The normalized spacial score (nSPS) is 9.84. The molecule has 1 rings (SSSR count). The molecule has 1 aromatic rings. The molecule has 0 radical (unpaired) electrons. The highest BCUT2D eigenvalue weighted by Crippen LogP contribution is 2.20. The molecule has 0 unspecified atom stereocenters. The summed E-state index contributed by atoms with van der Waals surface area (Å²) in [5.41, 5.74) is 7.27. The minimum Gasteiger partial charge on any atom is -0.496 e. The summed E-state index contributed by atoms with van der Waals surface area (Å²) in [6, 6.07) is 5.78. The summed E-state index contributed by atoms with van der Waals surface area (Å²) in [5, 5.41) is 0. The van der Waals surface area contributed by atoms with Crippen LogP contribution in [0.1, 0.15) is 17.5 Å². The Bertz CT molecular complexity index is 435. The molecule has 0 bridgehead atoms. The average Bonchev–Trinajstić information content (AvgIpc) is 2.45. The van der Waals surface area contributed by atoms with Crippen molar-refractivity contribution in [1.29, 1.82) is 0 Å². The van der Waals surface area contributed by atoms with E-state index in [0.717, 1.165) is 23.3 Å². The fraction of sp³-hybridized carbons (Fsp3) is 0.467. The first-order valence-corrected chi connectivity index (χ1v) is 6.24. The minimum atomic E-state index is 0.356. The lowest BCUT2D eigenvalue weighted by Gasteiger charge is -2.09. The van der Waals surface area contributed by atoms with Crippen LogP contribution in [0.2, 0.25) is 0 Å². The van der Waals surface area contributed by atoms with Crippen molar-refractivity contribution < 1.29 is 14.2 Å². The monoisotopic (exact) mass is 263 g/mol. The van der Waals surface area contributed by atoms with Crippen LogP contribution in [0.5, 0.6) is 5.75 Å². The zero-order valence-corrected chi connectivity index (χ0v) is 11.6. The summed E-state index contributed by atoms with van der Waals surface area (Å²) in [7, 11) is 3.33. The van der Waals surface area contributed by atoms with Crippen LogP contribution < -0.4 is 10.5 Å². The van der Waals surface area contributed by atoms with Crippen molar-refractivity contribution in [3.63, 3.8) is 0 Å². The Morgan fingerprint density at radius 3 is 2.74 bits per heavy atom. The number of methoxy groups -OCH3 is 2. The fourth-order valence-corrected chi connectivity index (χ4v) is 1.61. The summed E-state index contributed by atoms with van der Waals surface area (Å²) in [6.07, 6.45) is 0.880. The second-order valence-electron chi connectivity index (χ2n) is 3.93. The van der Waals surface area contributed by atoms with E-state index in [9.17, 15) is 0 Å². The molecule has 19 heavy (non-hydrogen) atoms. The van der Waals surface area contributed by atoms with E-state index in [4.69, 9.17) is 19.9 Å². The number of benzene rings is 1. The first-order valence-electron chi connectivity index (χ1n) is 6.24. The predicted molar refractivity (Wildman–Crippen MR) is 75.1 cm³/mol. The van der Waals surface area contributed by atoms with Crippen molar-refractivity contribution in [3.8, 4) is 17.6 Å². The third-order valence-electron chi connectivity index (χ3n) is 2.51. The van der Waals surface area contributed by atoms with Crippen LogP contribution in [-0.4, -0.2) is 34.0 Å². The SMILES string of the molecule is COCCCOCc1cc(C#CCN)ccc1OC. The molecule has 4 heteroatoms. The van der Waals surface area contributed by atoms with E-state index in [-0.39, 0.29) is 0 Å². The second kappa shape index (κ2) is 9.40. The molecule has 0 saturated heterocycles. The number of rotatable bonds is 7. The van der Waals surface area contributed by atoms with E-state index >= 15 is 0 Å². The minimum absolute atomic E-state index is 0.356. The molecule has 0 aliphatic carbocycles. The van der Waals surface area contributed by atoms with E-state index in [0.29, 0.717) is 26.4 Å². The van der Waals surface area contributed by atoms with E-state index in [2.05, 4.69) is 11.8 Å². The van der Waals surface area contributed by atoms with Crippen molar-refractivity contribution >= 4 is 0 Å². The van der Waals surface area contributed by atoms with E-state index in [1.165, 1.54) is 0 Å². The van der Waals surface area contributed by atoms with Crippen LogP contribution in [0.4, 0.5) is 0 Å². The summed E-state index contributed by atoms with van der Waals surface area (Å²) in [5.74, 6) is 6.64. The van der Waals surface area contributed by atoms with E-state index < -0.39 is 0 Å². The van der Waals surface area contributed by atoms with Gasteiger partial charge in [0.1, 0.15) is 5.75 Å². The highest BCUT2D eigenvalue weighted by molar-refractivity contribution is 5.44. The maximum absolute atomic E-state index is 5.59. The van der Waals surface area contributed by atoms with Crippen molar-refractivity contribution in [2.45, 2.75) is 13.0 Å². The summed E-state index contributed by atoms with van der Waals surface area (Å²) >= 11 is 0. The van der Waals surface area contributed by atoms with Crippen molar-refractivity contribution in [3.05, 3.63) is 29.3 Å². The molecule has 0 atom stereocenters. The Kier molecular flexibility index (Phi) is 7.68. The topological polar surface area (TPSA) is 53.7 Å². The van der Waals surface area contributed by atoms with Gasteiger partial charge in [-0.2, -0.15) is 0 Å². The van der Waals surface area contributed by atoms with Crippen molar-refractivity contribution in [2.24, 2.45) is 5.73 Å². The number of nitrogens with two attached hydrogens (primary N) is 1. The predicted octanol–water partition coefficient (Wildman–Crippen LogP) is 1.56. The van der Waals surface area contributed by atoms with Crippen LogP contribution in [0, 0.1) is 11.8 Å². The first-order chi connectivity index (χ1) is 9.31. The lowest BCUT2D eigenvalue weighted by Crippen LogP contribution is -2.01. The second-order valence-corrected chi connectivity index (χ2v) is 3.93. The largest absolute Gasteiger partial charge is 0.496 e. The number of ether oxygens (including phenoxy) is 3. The third kappa shape index (κ3) is 5.75. The van der Waals surface area contributed by atoms with Gasteiger partial charge in [-0.25, -0.2) is 0 Å². The maximum atomic E-state index is 5.59. The average molecular weight is 263 g/mol. The molecule has 0 saturated carbocycles. The van der Waals surface area contributed by atoms with Gasteiger partial charge >= 0.3 is 0 Å². The van der Waals surface area contributed by atoms with Gasteiger partial charge in [-0.3, -0.25) is 0 Å². The van der Waals surface area contributed by atoms with Crippen LogP contribution >= 0.6 is 0 Å². The van der Waals surface area contributed by atoms with Crippen molar-refractivity contribution in [1.82, 2.24) is 0 Å². The lowest BCUT2D eigenvalue weighted by molar-refractivity contribution is 0.0916. The molecule has 0 heterocycles. The molecule has 0 aliphatic rings. The summed E-state index contributed by atoms with van der Waals surface area (Å²) < 4.78 is 15.9. The highest BCUT2D eigenvalue weighted by atomic mass is 16.5. The molecule has 2 N–H and O–H groups in total. The van der Waals surface area contributed by atoms with Gasteiger partial charge in [-0.05, 0) is 24.6 Å². The van der Waals surface area contributed by atoms with Gasteiger partial charge in [0, 0.05) is 31.5 Å². The van der Waals surface area contributed by atoms with Gasteiger partial charge in [0.25, 0.3) is 0 Å². The molecule has 0 spiro atoms. The first kappa shape index (κ1) is 15.5. The van der Waals surface area contributed by atoms with Crippen LogP contribution in [0.3, 0.4) is 0 Å². The van der Waals surface area contributed by atoms with Gasteiger partial charge < -0.3 is 19.9 Å². The Balaban J connectivity index is 2.62. The number of hydrogen-bond acceptors (Lipinski definition) is 4. The summed E-state index contributed by atoms with van der Waals surface area (Å²) in [4.78, 5) is 0. The molecule has 1 aromatic carbocycles. The summed E-state index contributed by atoms with van der Waals surface area (Å²) in [6.45, 7) is 2.23. The molecule has 0 aromatic heterocycles. The van der Waals surface area contributed by atoms with Gasteiger partial charge in [0.05, 0.1) is 20.3 Å². The van der Waals surface area contributed by atoms with Crippen LogP contribution in [0.25, 0.3) is 0 Å². The van der Waals surface area contributed by atoms with Crippen LogP contribution in [-0.2, 0) is 16.1 Å². The Morgan fingerprint density at radius 1 is 1.21 bits per heavy atom. The molecule has 0 aliphatic heterocycles.